The Balaban J connectivity index is 1.33. The van der Waals surface area contributed by atoms with E-state index in [4.69, 9.17) is 13.7 Å². The second kappa shape index (κ2) is 13.1. The Morgan fingerprint density at radius 1 is 0.857 bits per heavy atom. The van der Waals surface area contributed by atoms with Gasteiger partial charge in [-0.25, -0.2) is 9.59 Å². The molecule has 0 spiro atoms. The Bertz CT molecular complexity index is 1410. The van der Waals surface area contributed by atoms with Crippen molar-refractivity contribution >= 4 is 33.7 Å². The first-order valence-electron chi connectivity index (χ1n) is 13.1. The molecular formula is C26H30N4O11S. The van der Waals surface area contributed by atoms with Crippen LogP contribution in [0.2, 0.25) is 0 Å². The van der Waals surface area contributed by atoms with Crippen molar-refractivity contribution in [3.05, 3.63) is 79.9 Å². The minimum atomic E-state index is -3.77. The van der Waals surface area contributed by atoms with Crippen LogP contribution in [-0.2, 0) is 37.0 Å². The summed E-state index contributed by atoms with van der Waals surface area (Å²) in [5.41, 5.74) is 1.00. The summed E-state index contributed by atoms with van der Waals surface area (Å²) in [6.07, 6.45) is 0.317. The molecule has 0 aromatic heterocycles. The highest BCUT2D eigenvalue weighted by atomic mass is 32.2. The van der Waals surface area contributed by atoms with Gasteiger partial charge in [0.15, 0.2) is 0 Å². The fourth-order valence-electron chi connectivity index (χ4n) is 5.16. The standard InChI is InChI=1S/C26H30N4O11S/c1-42(37,38)41-23-14-24(28(15-23)26(32)40-17-19-4-8-22(9-5-19)30(35)36)20-10-12-27(13-11-20)25(31)39-16-18-2-6-21(7-3-18)29(33)34/h2-9,20,23-24H,10-17H2,1H3/t23-,24+/m1/s1. The van der Waals surface area contributed by atoms with Crippen LogP contribution in [0.1, 0.15) is 30.4 Å². The molecule has 2 amide bonds. The number of nitro benzene ring substituents is 2. The van der Waals surface area contributed by atoms with E-state index in [1.54, 1.807) is 4.90 Å². The van der Waals surface area contributed by atoms with Gasteiger partial charge in [-0.3, -0.25) is 24.4 Å². The monoisotopic (exact) mass is 606 g/mol. The lowest BCUT2D eigenvalue weighted by molar-refractivity contribution is -0.385. The fraction of sp³-hybridized carbons (Fsp3) is 0.462. The summed E-state index contributed by atoms with van der Waals surface area (Å²) in [6.45, 7) is 0.538. The zero-order chi connectivity index (χ0) is 30.4. The van der Waals surface area contributed by atoms with E-state index in [9.17, 15) is 38.2 Å². The Labute approximate surface area is 241 Å². The van der Waals surface area contributed by atoms with Crippen molar-refractivity contribution in [3.63, 3.8) is 0 Å². The van der Waals surface area contributed by atoms with Crippen LogP contribution < -0.4 is 0 Å². The summed E-state index contributed by atoms with van der Waals surface area (Å²) in [5.74, 6) is -0.0659. The van der Waals surface area contributed by atoms with Gasteiger partial charge >= 0.3 is 12.2 Å². The van der Waals surface area contributed by atoms with E-state index < -0.39 is 38.3 Å². The van der Waals surface area contributed by atoms with Gasteiger partial charge in [0.25, 0.3) is 21.5 Å². The van der Waals surface area contributed by atoms with Crippen LogP contribution in [0.5, 0.6) is 0 Å². The fourth-order valence-corrected chi connectivity index (χ4v) is 5.79. The topological polar surface area (TPSA) is 189 Å². The third-order valence-electron chi connectivity index (χ3n) is 7.21. The van der Waals surface area contributed by atoms with E-state index in [1.807, 2.05) is 0 Å². The van der Waals surface area contributed by atoms with Crippen LogP contribution in [0.3, 0.4) is 0 Å². The molecule has 0 bridgehead atoms. The average Bonchev–Trinajstić information content (AvgIpc) is 3.37. The number of piperidine rings is 1. The van der Waals surface area contributed by atoms with E-state index in [2.05, 4.69) is 0 Å². The van der Waals surface area contributed by atoms with Crippen LogP contribution in [0.15, 0.2) is 48.5 Å². The normalized spacial score (nSPS) is 19.4. The number of nitro groups is 2. The van der Waals surface area contributed by atoms with E-state index in [-0.39, 0.29) is 49.5 Å². The summed E-state index contributed by atoms with van der Waals surface area (Å²) in [4.78, 5) is 49.3. The van der Waals surface area contributed by atoms with Gasteiger partial charge in [0, 0.05) is 43.4 Å². The number of ether oxygens (including phenoxy) is 2. The summed E-state index contributed by atoms with van der Waals surface area (Å²) >= 11 is 0. The molecule has 0 radical (unpaired) electrons. The van der Waals surface area contributed by atoms with Crippen LogP contribution >= 0.6 is 0 Å². The molecule has 2 aliphatic heterocycles. The maximum absolute atomic E-state index is 13.1. The van der Waals surface area contributed by atoms with Crippen molar-refractivity contribution in [2.24, 2.45) is 5.92 Å². The van der Waals surface area contributed by atoms with Gasteiger partial charge in [0.05, 0.1) is 28.8 Å². The zero-order valence-corrected chi connectivity index (χ0v) is 23.5. The summed E-state index contributed by atoms with van der Waals surface area (Å²) in [6, 6.07) is 10.9. The predicted molar refractivity (Wildman–Crippen MR) is 146 cm³/mol. The first-order valence-corrected chi connectivity index (χ1v) is 14.9. The number of carbonyl (C=O) groups excluding carboxylic acids is 2. The summed E-state index contributed by atoms with van der Waals surface area (Å²) < 4.78 is 39.5. The van der Waals surface area contributed by atoms with Gasteiger partial charge in [0.1, 0.15) is 13.2 Å². The van der Waals surface area contributed by atoms with Gasteiger partial charge in [-0.15, -0.1) is 0 Å². The van der Waals surface area contributed by atoms with Gasteiger partial charge in [0.2, 0.25) is 0 Å². The number of rotatable bonds is 9. The SMILES string of the molecule is CS(=O)(=O)O[C@@H]1C[C@@H](C2CCN(C(=O)OCc3ccc([N+](=O)[O-])cc3)CC2)N(C(=O)OCc2ccc([N+](=O)[O-])cc2)C1. The molecule has 2 saturated heterocycles. The molecule has 226 valence electrons. The van der Waals surface area contributed by atoms with Crippen LogP contribution in [0.25, 0.3) is 0 Å². The molecule has 2 aliphatic rings. The summed E-state index contributed by atoms with van der Waals surface area (Å²) in [5, 5.41) is 21.7. The Morgan fingerprint density at radius 2 is 1.33 bits per heavy atom. The van der Waals surface area contributed by atoms with Crippen LogP contribution in [0, 0.1) is 26.1 Å². The van der Waals surface area contributed by atoms with Gasteiger partial charge in [-0.1, -0.05) is 0 Å². The maximum atomic E-state index is 13.1. The quantitative estimate of drug-likeness (QED) is 0.230. The first kappa shape index (κ1) is 30.6. The number of nitrogens with zero attached hydrogens (tertiary/aromatic N) is 4. The molecule has 0 aliphatic carbocycles. The minimum Gasteiger partial charge on any atom is -0.445 e. The van der Waals surface area contributed by atoms with Crippen molar-refractivity contribution in [3.8, 4) is 0 Å². The molecule has 2 heterocycles. The highest BCUT2D eigenvalue weighted by molar-refractivity contribution is 7.86. The third-order valence-corrected chi connectivity index (χ3v) is 7.83. The first-order chi connectivity index (χ1) is 19.9. The Kier molecular flexibility index (Phi) is 9.57. The largest absolute Gasteiger partial charge is 0.445 e. The van der Waals surface area contributed by atoms with E-state index in [1.165, 1.54) is 53.4 Å². The third kappa shape index (κ3) is 8.13. The maximum Gasteiger partial charge on any atom is 0.410 e. The zero-order valence-electron chi connectivity index (χ0n) is 22.7. The predicted octanol–water partition coefficient (Wildman–Crippen LogP) is 3.61. The molecular weight excluding hydrogens is 576 g/mol. The molecule has 4 rings (SSSR count). The second-order valence-electron chi connectivity index (χ2n) is 10.2. The molecule has 2 aromatic carbocycles. The van der Waals surface area contributed by atoms with Crippen molar-refractivity contribution < 1.29 is 41.5 Å². The lowest BCUT2D eigenvalue weighted by atomic mass is 9.88. The molecule has 0 saturated carbocycles. The molecule has 42 heavy (non-hydrogen) atoms. The van der Waals surface area contributed by atoms with Gasteiger partial charge < -0.3 is 19.3 Å². The number of likely N-dealkylation sites (tertiary alicyclic amines) is 2. The molecule has 2 fully saturated rings. The van der Waals surface area contributed by atoms with Crippen LogP contribution in [-0.4, -0.2) is 78.3 Å². The molecule has 2 atom stereocenters. The molecule has 0 N–H and O–H groups in total. The number of non-ortho nitro benzene ring substituents is 2. The van der Waals surface area contributed by atoms with Crippen molar-refractivity contribution in [1.82, 2.24) is 9.80 Å². The van der Waals surface area contributed by atoms with E-state index in [0.29, 0.717) is 37.1 Å². The lowest BCUT2D eigenvalue weighted by Gasteiger charge is -2.37. The van der Waals surface area contributed by atoms with Gasteiger partial charge in [-0.2, -0.15) is 8.42 Å². The lowest BCUT2D eigenvalue weighted by Crippen LogP contribution is -2.46. The van der Waals surface area contributed by atoms with Crippen molar-refractivity contribution in [2.75, 3.05) is 25.9 Å². The smallest absolute Gasteiger partial charge is 0.410 e. The highest BCUT2D eigenvalue weighted by Gasteiger charge is 2.43. The van der Waals surface area contributed by atoms with Crippen LogP contribution in [0.4, 0.5) is 21.0 Å². The molecule has 0 unspecified atom stereocenters. The molecule has 15 nitrogen and oxygen atoms in total. The summed E-state index contributed by atoms with van der Waals surface area (Å²) in [7, 11) is -3.77. The Hall–Kier alpha value is -4.31. The van der Waals surface area contributed by atoms with Gasteiger partial charge in [-0.05, 0) is 60.6 Å². The number of benzene rings is 2. The molecule has 16 heteroatoms. The number of hydrogen-bond acceptors (Lipinski definition) is 11. The van der Waals surface area contributed by atoms with E-state index >= 15 is 0 Å². The van der Waals surface area contributed by atoms with Crippen molar-refractivity contribution in [2.45, 2.75) is 44.6 Å². The highest BCUT2D eigenvalue weighted by Crippen LogP contribution is 2.34. The Morgan fingerprint density at radius 3 is 1.79 bits per heavy atom. The average molecular weight is 607 g/mol. The second-order valence-corrected chi connectivity index (χ2v) is 11.8. The van der Waals surface area contributed by atoms with E-state index in [0.717, 1.165) is 6.26 Å². The number of amides is 2. The van der Waals surface area contributed by atoms with Crippen molar-refractivity contribution in [1.29, 1.82) is 0 Å². The molecule has 2 aromatic rings. The minimum absolute atomic E-state index is 0.00826. The number of hydrogen-bond donors (Lipinski definition) is 0. The number of carbonyl (C=O) groups is 2.